The molecule has 1 fully saturated rings. The van der Waals surface area contributed by atoms with Gasteiger partial charge in [0.1, 0.15) is 0 Å². The Morgan fingerprint density at radius 1 is 1.10 bits per heavy atom. The zero-order valence-corrected chi connectivity index (χ0v) is 13.0. The second-order valence-corrected chi connectivity index (χ2v) is 6.34. The molecule has 0 N–H and O–H groups in total. The molecular formula is C15H18Cl2O3. The number of ether oxygens (including phenoxy) is 3. The molecule has 3 rings (SSSR count). The van der Waals surface area contributed by atoms with E-state index in [0.717, 1.165) is 31.4 Å². The van der Waals surface area contributed by atoms with Gasteiger partial charge in [0, 0.05) is 24.1 Å². The van der Waals surface area contributed by atoms with Crippen molar-refractivity contribution in [3.63, 3.8) is 0 Å². The summed E-state index contributed by atoms with van der Waals surface area (Å²) in [7, 11) is 0. The van der Waals surface area contributed by atoms with Gasteiger partial charge in [-0.05, 0) is 31.4 Å². The minimum Gasteiger partial charge on any atom is -0.490 e. The molecule has 2 aliphatic heterocycles. The van der Waals surface area contributed by atoms with Gasteiger partial charge in [-0.1, -0.05) is 11.6 Å². The van der Waals surface area contributed by atoms with Gasteiger partial charge in [0.15, 0.2) is 11.5 Å². The molecule has 0 aromatic heterocycles. The predicted octanol–water partition coefficient (Wildman–Crippen LogP) is 4.35. The van der Waals surface area contributed by atoms with E-state index in [1.807, 2.05) is 13.0 Å². The lowest BCUT2D eigenvalue weighted by atomic mass is 9.92. The third-order valence-electron chi connectivity index (χ3n) is 3.93. The second-order valence-electron chi connectivity index (χ2n) is 5.50. The van der Waals surface area contributed by atoms with E-state index in [1.165, 1.54) is 0 Å². The molecule has 0 spiro atoms. The van der Waals surface area contributed by atoms with Crippen LogP contribution in [0.3, 0.4) is 0 Å². The minimum atomic E-state index is -0.370. The van der Waals surface area contributed by atoms with Crippen LogP contribution in [-0.2, 0) is 4.74 Å². The molecule has 0 aliphatic carbocycles. The smallest absolute Gasteiger partial charge is 0.162 e. The topological polar surface area (TPSA) is 27.7 Å². The summed E-state index contributed by atoms with van der Waals surface area (Å²) in [6.45, 7) is 4.08. The maximum Gasteiger partial charge on any atom is 0.162 e. The molecule has 0 amide bonds. The van der Waals surface area contributed by atoms with E-state index in [9.17, 15) is 0 Å². The third kappa shape index (κ3) is 2.59. The Labute approximate surface area is 129 Å². The van der Waals surface area contributed by atoms with E-state index in [0.29, 0.717) is 29.7 Å². The number of rotatable bonds is 2. The number of hydrogen-bond donors (Lipinski definition) is 0. The predicted molar refractivity (Wildman–Crippen MR) is 79.2 cm³/mol. The van der Waals surface area contributed by atoms with E-state index in [-0.39, 0.29) is 11.0 Å². The van der Waals surface area contributed by atoms with Crippen molar-refractivity contribution in [1.29, 1.82) is 0 Å². The number of halogens is 2. The van der Waals surface area contributed by atoms with Crippen LogP contribution in [0.1, 0.15) is 37.1 Å². The summed E-state index contributed by atoms with van der Waals surface area (Å²) in [4.78, 5) is 0. The first-order valence-electron chi connectivity index (χ1n) is 6.97. The van der Waals surface area contributed by atoms with Gasteiger partial charge in [0.05, 0.1) is 24.2 Å². The number of fused-ring (bicyclic) bond motifs is 1. The van der Waals surface area contributed by atoms with E-state index >= 15 is 0 Å². The first-order valence-corrected chi connectivity index (χ1v) is 7.79. The fourth-order valence-corrected chi connectivity index (χ4v) is 3.39. The summed E-state index contributed by atoms with van der Waals surface area (Å²) in [6.07, 6.45) is 2.83. The lowest BCUT2D eigenvalue weighted by molar-refractivity contribution is 0.0164. The van der Waals surface area contributed by atoms with Crippen molar-refractivity contribution in [1.82, 2.24) is 0 Å². The summed E-state index contributed by atoms with van der Waals surface area (Å²) >= 11 is 13.0. The molecule has 2 aliphatic rings. The van der Waals surface area contributed by atoms with Crippen molar-refractivity contribution >= 4 is 23.2 Å². The Morgan fingerprint density at radius 2 is 1.80 bits per heavy atom. The van der Waals surface area contributed by atoms with Crippen LogP contribution in [0, 0.1) is 0 Å². The fraction of sp³-hybridized carbons (Fsp3) is 0.600. The molecule has 0 radical (unpaired) electrons. The van der Waals surface area contributed by atoms with Crippen molar-refractivity contribution in [2.24, 2.45) is 0 Å². The van der Waals surface area contributed by atoms with Gasteiger partial charge in [-0.3, -0.25) is 0 Å². The molecule has 1 aromatic carbocycles. The summed E-state index contributed by atoms with van der Waals surface area (Å²) in [6, 6.07) is 3.69. The summed E-state index contributed by atoms with van der Waals surface area (Å²) in [5.74, 6) is 1.41. The Morgan fingerprint density at radius 3 is 2.45 bits per heavy atom. The third-order valence-corrected chi connectivity index (χ3v) is 4.95. The highest BCUT2D eigenvalue weighted by atomic mass is 35.5. The molecule has 1 saturated heterocycles. The first kappa shape index (κ1) is 14.3. The highest BCUT2D eigenvalue weighted by molar-refractivity contribution is 6.33. The second kappa shape index (κ2) is 5.63. The van der Waals surface area contributed by atoms with E-state index in [4.69, 9.17) is 37.4 Å². The van der Waals surface area contributed by atoms with Crippen LogP contribution in [0.2, 0.25) is 5.02 Å². The number of benzene rings is 1. The molecule has 20 heavy (non-hydrogen) atoms. The molecule has 0 bridgehead atoms. The maximum absolute atomic E-state index is 6.64. The Kier molecular flexibility index (Phi) is 4.02. The van der Waals surface area contributed by atoms with Gasteiger partial charge in [0.25, 0.3) is 0 Å². The van der Waals surface area contributed by atoms with Gasteiger partial charge < -0.3 is 14.2 Å². The van der Waals surface area contributed by atoms with Gasteiger partial charge in [0.2, 0.25) is 0 Å². The van der Waals surface area contributed by atoms with Crippen molar-refractivity contribution < 1.29 is 14.2 Å². The molecule has 3 nitrogen and oxygen atoms in total. The molecule has 0 saturated carbocycles. The monoisotopic (exact) mass is 316 g/mol. The molecule has 2 heterocycles. The fourth-order valence-electron chi connectivity index (χ4n) is 2.72. The molecule has 5 heteroatoms. The SMILES string of the molecule is CC1(C(Cl)c2cc3c(cc2Cl)OCCCO3)CCCO1. The standard InChI is InChI=1S/C15H18Cl2O3/c1-15(4-2-7-20-15)14(17)10-8-12-13(9-11(10)16)19-6-3-5-18-12/h8-9,14H,2-7H2,1H3. The van der Waals surface area contributed by atoms with Crippen LogP contribution in [0.5, 0.6) is 11.5 Å². The zero-order valence-electron chi connectivity index (χ0n) is 11.5. The normalized spacial score (nSPS) is 27.1. The first-order chi connectivity index (χ1) is 9.60. The maximum atomic E-state index is 6.64. The van der Waals surface area contributed by atoms with Gasteiger partial charge >= 0.3 is 0 Å². The van der Waals surface area contributed by atoms with Crippen molar-refractivity contribution in [3.8, 4) is 11.5 Å². The number of hydrogen-bond acceptors (Lipinski definition) is 3. The molecule has 1 aromatic rings. The average Bonchev–Trinajstić information content (AvgIpc) is 2.75. The van der Waals surface area contributed by atoms with Crippen molar-refractivity contribution in [2.75, 3.05) is 19.8 Å². The van der Waals surface area contributed by atoms with Crippen LogP contribution in [0.4, 0.5) is 0 Å². The lowest BCUT2D eigenvalue weighted by Gasteiger charge is -2.30. The van der Waals surface area contributed by atoms with Gasteiger partial charge in [-0.2, -0.15) is 0 Å². The van der Waals surface area contributed by atoms with E-state index in [2.05, 4.69) is 0 Å². The number of alkyl halides is 1. The Hall–Kier alpha value is -0.640. The molecule has 2 unspecified atom stereocenters. The average molecular weight is 317 g/mol. The quantitative estimate of drug-likeness (QED) is 0.759. The van der Waals surface area contributed by atoms with Crippen LogP contribution >= 0.6 is 23.2 Å². The van der Waals surface area contributed by atoms with Crippen molar-refractivity contribution in [2.45, 2.75) is 37.2 Å². The van der Waals surface area contributed by atoms with Crippen molar-refractivity contribution in [3.05, 3.63) is 22.7 Å². The molecular weight excluding hydrogens is 299 g/mol. The molecule has 2 atom stereocenters. The summed E-state index contributed by atoms with van der Waals surface area (Å²) in [5.41, 5.74) is 0.479. The Balaban J connectivity index is 1.95. The molecule has 110 valence electrons. The minimum absolute atomic E-state index is 0.297. The highest BCUT2D eigenvalue weighted by Crippen LogP contribution is 2.46. The van der Waals surface area contributed by atoms with Crippen LogP contribution in [0.15, 0.2) is 12.1 Å². The van der Waals surface area contributed by atoms with Gasteiger partial charge in [-0.25, -0.2) is 0 Å². The van der Waals surface area contributed by atoms with E-state index < -0.39 is 0 Å². The summed E-state index contributed by atoms with van der Waals surface area (Å²) < 4.78 is 17.2. The van der Waals surface area contributed by atoms with Crippen LogP contribution < -0.4 is 9.47 Å². The zero-order chi connectivity index (χ0) is 14.2. The lowest BCUT2D eigenvalue weighted by Crippen LogP contribution is -2.29. The van der Waals surface area contributed by atoms with Gasteiger partial charge in [-0.15, -0.1) is 11.6 Å². The summed E-state index contributed by atoms with van der Waals surface area (Å²) in [5, 5.41) is 0.306. The Bertz CT molecular complexity index is 498. The van der Waals surface area contributed by atoms with Crippen LogP contribution in [0.25, 0.3) is 0 Å². The highest BCUT2D eigenvalue weighted by Gasteiger charge is 2.39. The van der Waals surface area contributed by atoms with Crippen LogP contribution in [-0.4, -0.2) is 25.4 Å². The largest absolute Gasteiger partial charge is 0.490 e. The van der Waals surface area contributed by atoms with E-state index in [1.54, 1.807) is 6.07 Å².